The Hall–Kier alpha value is -1.47. The van der Waals surface area contributed by atoms with Crippen molar-refractivity contribution in [3.8, 4) is 11.5 Å². The molecule has 0 aromatic heterocycles. The quantitative estimate of drug-likeness (QED) is 0.626. The summed E-state index contributed by atoms with van der Waals surface area (Å²) in [6, 6.07) is 2.43. The highest BCUT2D eigenvalue weighted by Gasteiger charge is 2.20. The van der Waals surface area contributed by atoms with Gasteiger partial charge in [-0.05, 0) is 19.9 Å². The zero-order valence-corrected chi connectivity index (χ0v) is 10.6. The van der Waals surface area contributed by atoms with Gasteiger partial charge in [-0.25, -0.2) is 0 Å². The van der Waals surface area contributed by atoms with Gasteiger partial charge in [0.2, 0.25) is 0 Å². The molecule has 96 valence electrons. The van der Waals surface area contributed by atoms with Crippen LogP contribution in [0.1, 0.15) is 13.8 Å². The molecule has 6 nitrogen and oxygen atoms in total. The zero-order valence-electron chi connectivity index (χ0n) is 9.80. The molecule has 0 aliphatic rings. The Morgan fingerprint density at radius 1 is 1.29 bits per heavy atom. The minimum Gasteiger partial charge on any atom is -0.494 e. The molecular weight excluding hydrogens is 246 g/mol. The number of nitrogen functional groups attached to an aromatic ring is 1. The standard InChI is InChI=1S/C10H15NO5S/c1-6(2)16-9-5-8(15-3)7(11)4-10(9)17(12,13)14/h4-6H,11H2,1-3H3,(H,12,13,14). The second-order valence-electron chi connectivity index (χ2n) is 3.68. The van der Waals surface area contributed by atoms with E-state index in [1.807, 2.05) is 0 Å². The highest BCUT2D eigenvalue weighted by Crippen LogP contribution is 2.34. The molecule has 0 aliphatic heterocycles. The van der Waals surface area contributed by atoms with Gasteiger partial charge in [-0.3, -0.25) is 4.55 Å². The van der Waals surface area contributed by atoms with E-state index < -0.39 is 10.1 Å². The second-order valence-corrected chi connectivity index (χ2v) is 5.07. The van der Waals surface area contributed by atoms with E-state index in [0.29, 0.717) is 0 Å². The van der Waals surface area contributed by atoms with Gasteiger partial charge in [0.25, 0.3) is 10.1 Å². The van der Waals surface area contributed by atoms with Gasteiger partial charge in [-0.15, -0.1) is 0 Å². The summed E-state index contributed by atoms with van der Waals surface area (Å²) in [7, 11) is -2.99. The lowest BCUT2D eigenvalue weighted by atomic mass is 10.2. The third kappa shape index (κ3) is 3.24. The van der Waals surface area contributed by atoms with Crippen LogP contribution in [0.4, 0.5) is 5.69 Å². The van der Waals surface area contributed by atoms with E-state index in [4.69, 9.17) is 19.8 Å². The molecule has 1 aromatic carbocycles. The lowest BCUT2D eigenvalue weighted by Crippen LogP contribution is -2.11. The summed E-state index contributed by atoms with van der Waals surface area (Å²) in [6.07, 6.45) is -0.246. The fourth-order valence-corrected chi connectivity index (χ4v) is 1.92. The molecule has 0 aliphatic carbocycles. The first-order valence-corrected chi connectivity index (χ1v) is 6.31. The highest BCUT2D eigenvalue weighted by molar-refractivity contribution is 7.86. The highest BCUT2D eigenvalue weighted by atomic mass is 32.2. The Balaban J connectivity index is 3.42. The molecule has 3 N–H and O–H groups in total. The lowest BCUT2D eigenvalue weighted by molar-refractivity contribution is 0.234. The van der Waals surface area contributed by atoms with Crippen LogP contribution in [0, 0.1) is 0 Å². The van der Waals surface area contributed by atoms with Gasteiger partial charge in [0.15, 0.2) is 0 Å². The van der Waals surface area contributed by atoms with Crippen LogP contribution in [-0.2, 0) is 10.1 Å². The first kappa shape index (κ1) is 13.6. The first-order valence-electron chi connectivity index (χ1n) is 4.87. The molecule has 1 aromatic rings. The summed E-state index contributed by atoms with van der Waals surface area (Å²) in [5.41, 5.74) is 5.68. The van der Waals surface area contributed by atoms with Gasteiger partial charge in [0, 0.05) is 6.07 Å². The van der Waals surface area contributed by atoms with Gasteiger partial charge in [0.1, 0.15) is 16.4 Å². The van der Waals surface area contributed by atoms with Gasteiger partial charge in [0.05, 0.1) is 18.9 Å². The lowest BCUT2D eigenvalue weighted by Gasteiger charge is -2.15. The van der Waals surface area contributed by atoms with E-state index in [9.17, 15) is 8.42 Å². The number of benzene rings is 1. The molecule has 0 bridgehead atoms. The number of rotatable bonds is 4. The second kappa shape index (κ2) is 4.80. The van der Waals surface area contributed by atoms with Crippen molar-refractivity contribution in [3.63, 3.8) is 0 Å². The predicted octanol–water partition coefficient (Wildman–Crippen LogP) is 1.31. The summed E-state index contributed by atoms with van der Waals surface area (Å²) >= 11 is 0. The largest absolute Gasteiger partial charge is 0.494 e. The first-order chi connectivity index (χ1) is 7.75. The van der Waals surface area contributed by atoms with Crippen molar-refractivity contribution in [2.45, 2.75) is 24.8 Å². The third-order valence-electron chi connectivity index (χ3n) is 1.94. The van der Waals surface area contributed by atoms with Crippen molar-refractivity contribution in [2.75, 3.05) is 12.8 Å². The van der Waals surface area contributed by atoms with Crippen LogP contribution in [0.3, 0.4) is 0 Å². The number of nitrogens with two attached hydrogens (primary N) is 1. The van der Waals surface area contributed by atoms with E-state index in [2.05, 4.69) is 0 Å². The monoisotopic (exact) mass is 261 g/mol. The zero-order chi connectivity index (χ0) is 13.2. The molecule has 0 saturated carbocycles. The molecule has 0 radical (unpaired) electrons. The Morgan fingerprint density at radius 3 is 2.29 bits per heavy atom. The molecule has 0 saturated heterocycles. The van der Waals surface area contributed by atoms with Crippen LogP contribution in [-0.4, -0.2) is 26.2 Å². The van der Waals surface area contributed by atoms with Crippen molar-refractivity contribution < 1.29 is 22.4 Å². The van der Waals surface area contributed by atoms with Crippen molar-refractivity contribution in [1.29, 1.82) is 0 Å². The molecule has 0 atom stereocenters. The SMILES string of the molecule is COc1cc(OC(C)C)c(S(=O)(=O)O)cc1N. The molecule has 0 spiro atoms. The van der Waals surface area contributed by atoms with Gasteiger partial charge < -0.3 is 15.2 Å². The topological polar surface area (TPSA) is 98.8 Å². The molecule has 0 amide bonds. The van der Waals surface area contributed by atoms with E-state index in [-0.39, 0.29) is 28.2 Å². The van der Waals surface area contributed by atoms with E-state index in [0.717, 1.165) is 6.07 Å². The maximum atomic E-state index is 11.2. The summed E-state index contributed by atoms with van der Waals surface area (Å²) in [5, 5.41) is 0. The van der Waals surface area contributed by atoms with Crippen molar-refractivity contribution in [3.05, 3.63) is 12.1 Å². The molecular formula is C10H15NO5S. The van der Waals surface area contributed by atoms with Crippen LogP contribution in [0.5, 0.6) is 11.5 Å². The van der Waals surface area contributed by atoms with Crippen molar-refractivity contribution >= 4 is 15.8 Å². The van der Waals surface area contributed by atoms with Crippen LogP contribution >= 0.6 is 0 Å². The fraction of sp³-hybridized carbons (Fsp3) is 0.400. The Bertz CT molecular complexity index is 510. The van der Waals surface area contributed by atoms with Crippen molar-refractivity contribution in [2.24, 2.45) is 0 Å². The van der Waals surface area contributed by atoms with Crippen LogP contribution < -0.4 is 15.2 Å². The fourth-order valence-electron chi connectivity index (χ4n) is 1.28. The maximum absolute atomic E-state index is 11.2. The molecule has 7 heteroatoms. The maximum Gasteiger partial charge on any atom is 0.298 e. The minimum atomic E-state index is -4.39. The number of hydrogen-bond acceptors (Lipinski definition) is 5. The van der Waals surface area contributed by atoms with Crippen LogP contribution in [0.25, 0.3) is 0 Å². The summed E-state index contributed by atoms with van der Waals surface area (Å²) in [4.78, 5) is -0.371. The number of hydrogen-bond donors (Lipinski definition) is 2. The van der Waals surface area contributed by atoms with Gasteiger partial charge >= 0.3 is 0 Å². The van der Waals surface area contributed by atoms with E-state index in [1.54, 1.807) is 13.8 Å². The average Bonchev–Trinajstić information content (AvgIpc) is 2.17. The smallest absolute Gasteiger partial charge is 0.298 e. The summed E-state index contributed by atoms with van der Waals surface area (Å²) in [6.45, 7) is 3.47. The summed E-state index contributed by atoms with van der Waals surface area (Å²) in [5.74, 6) is 0.293. The minimum absolute atomic E-state index is 0.00792. The molecule has 1 rings (SSSR count). The molecule has 0 fully saturated rings. The van der Waals surface area contributed by atoms with E-state index in [1.165, 1.54) is 13.2 Å². The van der Waals surface area contributed by atoms with Crippen LogP contribution in [0.15, 0.2) is 17.0 Å². The number of methoxy groups -OCH3 is 1. The molecule has 0 unspecified atom stereocenters. The molecule has 0 heterocycles. The van der Waals surface area contributed by atoms with E-state index >= 15 is 0 Å². The average molecular weight is 261 g/mol. The third-order valence-corrected chi connectivity index (χ3v) is 2.81. The predicted molar refractivity (Wildman–Crippen MR) is 63.0 cm³/mol. The van der Waals surface area contributed by atoms with Gasteiger partial charge in [-0.1, -0.05) is 0 Å². The van der Waals surface area contributed by atoms with Gasteiger partial charge in [-0.2, -0.15) is 8.42 Å². The Labute approximate surface area is 100 Å². The Kier molecular flexibility index (Phi) is 3.84. The Morgan fingerprint density at radius 2 is 1.88 bits per heavy atom. The summed E-state index contributed by atoms with van der Waals surface area (Å²) < 4.78 is 41.6. The molecule has 17 heavy (non-hydrogen) atoms. The number of anilines is 1. The number of ether oxygens (including phenoxy) is 2. The normalized spacial score (nSPS) is 11.6. The van der Waals surface area contributed by atoms with Crippen LogP contribution in [0.2, 0.25) is 0 Å². The van der Waals surface area contributed by atoms with Crippen molar-refractivity contribution in [1.82, 2.24) is 0 Å².